The van der Waals surface area contributed by atoms with Crippen molar-refractivity contribution < 1.29 is 0 Å². The van der Waals surface area contributed by atoms with Gasteiger partial charge in [-0.3, -0.25) is 0 Å². The molecule has 0 saturated heterocycles. The molecule has 94 valence electrons. The molecule has 0 bridgehead atoms. The second kappa shape index (κ2) is 6.17. The summed E-state index contributed by atoms with van der Waals surface area (Å²) >= 11 is 3.61. The summed E-state index contributed by atoms with van der Waals surface area (Å²) in [6, 6.07) is 17.4. The fraction of sp³-hybridized carbons (Fsp3) is 0.250. The van der Waals surface area contributed by atoms with Gasteiger partial charge in [0.05, 0.1) is 0 Å². The van der Waals surface area contributed by atoms with Crippen molar-refractivity contribution in [1.29, 1.82) is 0 Å². The molecule has 0 radical (unpaired) electrons. The molecule has 1 N–H and O–H groups in total. The molecule has 1 nitrogen and oxygen atoms in total. The van der Waals surface area contributed by atoms with Gasteiger partial charge < -0.3 is 5.32 Å². The molecule has 2 aromatic rings. The molecule has 0 amide bonds. The van der Waals surface area contributed by atoms with E-state index in [9.17, 15) is 0 Å². The first-order valence-electron chi connectivity index (χ1n) is 6.20. The van der Waals surface area contributed by atoms with E-state index in [2.05, 4.69) is 77.6 Å². The average molecular weight is 304 g/mol. The van der Waals surface area contributed by atoms with Crippen molar-refractivity contribution in [1.82, 2.24) is 5.32 Å². The van der Waals surface area contributed by atoms with Crippen LogP contribution in [0.5, 0.6) is 0 Å². The van der Waals surface area contributed by atoms with Gasteiger partial charge in [-0.05, 0) is 36.6 Å². The first kappa shape index (κ1) is 13.3. The van der Waals surface area contributed by atoms with Gasteiger partial charge in [0.15, 0.2) is 0 Å². The lowest BCUT2D eigenvalue weighted by Crippen LogP contribution is -2.18. The van der Waals surface area contributed by atoms with Gasteiger partial charge in [0, 0.05) is 17.1 Å². The Morgan fingerprint density at radius 2 is 1.83 bits per heavy atom. The summed E-state index contributed by atoms with van der Waals surface area (Å²) in [5.74, 6) is 0. The highest BCUT2D eigenvalue weighted by Gasteiger charge is 2.05. The van der Waals surface area contributed by atoms with E-state index in [4.69, 9.17) is 0 Å². The molecule has 0 aromatic heterocycles. The molecule has 0 unspecified atom stereocenters. The molecule has 2 heteroatoms. The summed E-state index contributed by atoms with van der Waals surface area (Å²) in [5, 5.41) is 3.55. The van der Waals surface area contributed by atoms with Gasteiger partial charge in [-0.1, -0.05) is 58.4 Å². The maximum absolute atomic E-state index is 3.61. The minimum absolute atomic E-state index is 0.361. The quantitative estimate of drug-likeness (QED) is 0.870. The van der Waals surface area contributed by atoms with E-state index >= 15 is 0 Å². The summed E-state index contributed by atoms with van der Waals surface area (Å²) in [4.78, 5) is 0. The van der Waals surface area contributed by atoms with E-state index in [1.165, 1.54) is 21.2 Å². The van der Waals surface area contributed by atoms with Crippen molar-refractivity contribution in [3.63, 3.8) is 0 Å². The summed E-state index contributed by atoms with van der Waals surface area (Å²) < 4.78 is 1.18. The molecule has 18 heavy (non-hydrogen) atoms. The van der Waals surface area contributed by atoms with Crippen molar-refractivity contribution in [2.45, 2.75) is 26.4 Å². The molecule has 0 heterocycles. The van der Waals surface area contributed by atoms with Crippen LogP contribution in [0.25, 0.3) is 0 Å². The highest BCUT2D eigenvalue weighted by Crippen LogP contribution is 2.19. The summed E-state index contributed by atoms with van der Waals surface area (Å²) in [5.41, 5.74) is 3.89. The van der Waals surface area contributed by atoms with E-state index in [0.29, 0.717) is 6.04 Å². The molecule has 1 atom stereocenters. The first-order chi connectivity index (χ1) is 8.66. The normalized spacial score (nSPS) is 12.4. The van der Waals surface area contributed by atoms with Gasteiger partial charge in [-0.15, -0.1) is 0 Å². The number of aryl methyl sites for hydroxylation is 1. The van der Waals surface area contributed by atoms with Crippen molar-refractivity contribution in [3.05, 3.63) is 69.7 Å². The van der Waals surface area contributed by atoms with Gasteiger partial charge in [0.25, 0.3) is 0 Å². The van der Waals surface area contributed by atoms with Crippen LogP contribution in [-0.2, 0) is 6.54 Å². The Morgan fingerprint density at radius 3 is 2.50 bits per heavy atom. The van der Waals surface area contributed by atoms with Crippen molar-refractivity contribution >= 4 is 15.9 Å². The molecular formula is C16H18BrN. The van der Waals surface area contributed by atoms with E-state index < -0.39 is 0 Å². The van der Waals surface area contributed by atoms with Crippen LogP contribution in [-0.4, -0.2) is 0 Å². The fourth-order valence-corrected chi connectivity index (χ4v) is 2.55. The molecular weight excluding hydrogens is 286 g/mol. The van der Waals surface area contributed by atoms with E-state index in [1.807, 2.05) is 6.07 Å². The lowest BCUT2D eigenvalue weighted by molar-refractivity contribution is 0.574. The third-order valence-electron chi connectivity index (χ3n) is 3.11. The van der Waals surface area contributed by atoms with Crippen LogP contribution in [0, 0.1) is 6.92 Å². The second-order valence-corrected chi connectivity index (χ2v) is 5.46. The van der Waals surface area contributed by atoms with Crippen molar-refractivity contribution in [2.24, 2.45) is 0 Å². The monoisotopic (exact) mass is 303 g/mol. The van der Waals surface area contributed by atoms with Crippen LogP contribution in [0.3, 0.4) is 0 Å². The number of rotatable bonds is 4. The van der Waals surface area contributed by atoms with Crippen LogP contribution < -0.4 is 5.32 Å². The Kier molecular flexibility index (Phi) is 4.56. The van der Waals surface area contributed by atoms with E-state index in [-0.39, 0.29) is 0 Å². The first-order valence-corrected chi connectivity index (χ1v) is 6.99. The van der Waals surface area contributed by atoms with Crippen LogP contribution in [0.15, 0.2) is 53.0 Å². The largest absolute Gasteiger partial charge is 0.306 e. The number of halogens is 1. The number of benzene rings is 2. The Bertz CT molecular complexity index is 508. The number of hydrogen-bond acceptors (Lipinski definition) is 1. The Labute approximate surface area is 117 Å². The van der Waals surface area contributed by atoms with Crippen molar-refractivity contribution in [3.8, 4) is 0 Å². The number of nitrogens with one attached hydrogen (secondary N) is 1. The molecule has 2 rings (SSSR count). The van der Waals surface area contributed by atoms with E-state index in [0.717, 1.165) is 6.54 Å². The van der Waals surface area contributed by atoms with Crippen LogP contribution >= 0.6 is 15.9 Å². The lowest BCUT2D eigenvalue weighted by atomic mass is 10.1. The summed E-state index contributed by atoms with van der Waals surface area (Å²) in [6.45, 7) is 5.17. The molecule has 2 aromatic carbocycles. The Hall–Kier alpha value is -1.12. The Balaban J connectivity index is 1.99. The molecule has 0 saturated carbocycles. The second-order valence-electron chi connectivity index (χ2n) is 4.61. The standard InChI is InChI=1S/C16H18BrN/c1-12-8-9-15(16(17)10-12)11-18-13(2)14-6-4-3-5-7-14/h3-10,13,18H,11H2,1-2H3/t13-/m0/s1. The minimum Gasteiger partial charge on any atom is -0.306 e. The molecule has 0 aliphatic heterocycles. The highest BCUT2D eigenvalue weighted by molar-refractivity contribution is 9.10. The predicted molar refractivity (Wildman–Crippen MR) is 80.6 cm³/mol. The Morgan fingerprint density at radius 1 is 1.11 bits per heavy atom. The summed E-state index contributed by atoms with van der Waals surface area (Å²) in [7, 11) is 0. The zero-order valence-corrected chi connectivity index (χ0v) is 12.4. The predicted octanol–water partition coefficient (Wildman–Crippen LogP) is 4.61. The molecule has 0 fully saturated rings. The fourth-order valence-electron chi connectivity index (χ4n) is 1.92. The van der Waals surface area contributed by atoms with Crippen LogP contribution in [0.1, 0.15) is 29.7 Å². The van der Waals surface area contributed by atoms with Crippen molar-refractivity contribution in [2.75, 3.05) is 0 Å². The van der Waals surface area contributed by atoms with Gasteiger partial charge in [-0.2, -0.15) is 0 Å². The third kappa shape index (κ3) is 3.44. The maximum Gasteiger partial charge on any atom is 0.0294 e. The zero-order chi connectivity index (χ0) is 13.0. The van der Waals surface area contributed by atoms with Crippen LogP contribution in [0.2, 0.25) is 0 Å². The maximum atomic E-state index is 3.61. The minimum atomic E-state index is 0.361. The molecule has 0 aliphatic rings. The summed E-state index contributed by atoms with van der Waals surface area (Å²) in [6.07, 6.45) is 0. The molecule has 0 aliphatic carbocycles. The lowest BCUT2D eigenvalue weighted by Gasteiger charge is -2.15. The highest BCUT2D eigenvalue weighted by atomic mass is 79.9. The molecule has 0 spiro atoms. The average Bonchev–Trinajstić information content (AvgIpc) is 2.38. The van der Waals surface area contributed by atoms with Crippen LogP contribution in [0.4, 0.5) is 0 Å². The van der Waals surface area contributed by atoms with Gasteiger partial charge >= 0.3 is 0 Å². The number of hydrogen-bond donors (Lipinski definition) is 1. The zero-order valence-electron chi connectivity index (χ0n) is 10.8. The topological polar surface area (TPSA) is 12.0 Å². The van der Waals surface area contributed by atoms with Gasteiger partial charge in [0.2, 0.25) is 0 Å². The third-order valence-corrected chi connectivity index (χ3v) is 3.85. The SMILES string of the molecule is Cc1ccc(CN[C@@H](C)c2ccccc2)c(Br)c1. The van der Waals surface area contributed by atoms with E-state index in [1.54, 1.807) is 0 Å². The van der Waals surface area contributed by atoms with Gasteiger partial charge in [0.1, 0.15) is 0 Å². The van der Waals surface area contributed by atoms with Gasteiger partial charge in [-0.25, -0.2) is 0 Å². The smallest absolute Gasteiger partial charge is 0.0294 e.